The van der Waals surface area contributed by atoms with Crippen LogP contribution in [0.2, 0.25) is 0 Å². The van der Waals surface area contributed by atoms with E-state index in [1.54, 1.807) is 42.6 Å². The minimum atomic E-state index is -0.570. The van der Waals surface area contributed by atoms with Crippen molar-refractivity contribution in [2.75, 3.05) is 6.54 Å². The number of oxazole rings is 1. The van der Waals surface area contributed by atoms with Crippen molar-refractivity contribution in [1.82, 2.24) is 29.3 Å². The fourth-order valence-electron chi connectivity index (χ4n) is 2.73. The zero-order chi connectivity index (χ0) is 21.1. The quantitative estimate of drug-likeness (QED) is 0.460. The molecule has 0 aliphatic carbocycles. The summed E-state index contributed by atoms with van der Waals surface area (Å²) in [5, 5.41) is 3.98. The van der Waals surface area contributed by atoms with Gasteiger partial charge in [-0.25, -0.2) is 33.2 Å². The summed E-state index contributed by atoms with van der Waals surface area (Å²) in [5.41, 5.74) is 7.21. The van der Waals surface area contributed by atoms with E-state index in [1.165, 1.54) is 10.9 Å². The Labute approximate surface area is 180 Å². The predicted molar refractivity (Wildman–Crippen MR) is 115 cm³/mol. The highest BCUT2D eigenvalue weighted by Gasteiger charge is 2.10. The van der Waals surface area contributed by atoms with Gasteiger partial charge in [0.25, 0.3) is 0 Å². The highest BCUT2D eigenvalue weighted by atomic mass is 35.5. The monoisotopic (exact) mass is 445 g/mol. The Kier molecular flexibility index (Phi) is 6.58. The summed E-state index contributed by atoms with van der Waals surface area (Å²) in [6, 6.07) is 6.83. The van der Waals surface area contributed by atoms with Gasteiger partial charge in [0.05, 0.1) is 18.6 Å². The summed E-state index contributed by atoms with van der Waals surface area (Å²) in [5.74, 6) is -0.211. The normalized spacial score (nSPS) is 11.9. The van der Waals surface area contributed by atoms with Crippen LogP contribution in [0.25, 0.3) is 29.2 Å². The van der Waals surface area contributed by atoms with Crippen molar-refractivity contribution in [3.63, 3.8) is 0 Å². The minimum Gasteiger partial charge on any atom is -0.406 e. The van der Waals surface area contributed by atoms with Crippen LogP contribution in [0.1, 0.15) is 11.3 Å². The van der Waals surface area contributed by atoms with Crippen molar-refractivity contribution in [1.29, 1.82) is 0 Å². The molecule has 0 fully saturated rings. The first kappa shape index (κ1) is 21.9. The van der Waals surface area contributed by atoms with Gasteiger partial charge >= 0.3 is 11.4 Å². The summed E-state index contributed by atoms with van der Waals surface area (Å²) in [4.78, 5) is 34.8. The molecular weight excluding hydrogens is 429 g/mol. The van der Waals surface area contributed by atoms with Crippen LogP contribution in [0.3, 0.4) is 0 Å². The van der Waals surface area contributed by atoms with E-state index in [4.69, 9.17) is 10.2 Å². The van der Waals surface area contributed by atoms with E-state index < -0.39 is 11.4 Å². The van der Waals surface area contributed by atoms with Gasteiger partial charge in [-0.15, -0.1) is 12.4 Å². The molecule has 12 heteroatoms. The van der Waals surface area contributed by atoms with Crippen molar-refractivity contribution < 1.29 is 8.81 Å². The number of hydrogen-bond donors (Lipinski definition) is 2. The van der Waals surface area contributed by atoms with Crippen LogP contribution in [0.15, 0.2) is 62.7 Å². The lowest BCUT2D eigenvalue weighted by Gasteiger charge is -2.02. The SMILES string of the molecule is Cl.NC/C(=C\F)Cn1ncn(-c2cccc(/C=C/c3cnc4[nH]c(=O)oc4c3)n2)c1=O. The second-order valence-corrected chi connectivity index (χ2v) is 6.30. The molecule has 0 saturated heterocycles. The van der Waals surface area contributed by atoms with E-state index in [-0.39, 0.29) is 31.1 Å². The lowest BCUT2D eigenvalue weighted by atomic mass is 10.2. The third-order valence-electron chi connectivity index (χ3n) is 4.25. The summed E-state index contributed by atoms with van der Waals surface area (Å²) in [7, 11) is 0. The molecule has 0 saturated carbocycles. The third-order valence-corrected chi connectivity index (χ3v) is 4.25. The van der Waals surface area contributed by atoms with Gasteiger partial charge < -0.3 is 10.2 Å². The zero-order valence-electron chi connectivity index (χ0n) is 15.9. The Morgan fingerprint density at radius 3 is 2.90 bits per heavy atom. The topological polar surface area (TPSA) is 138 Å². The van der Waals surface area contributed by atoms with Crippen LogP contribution >= 0.6 is 12.4 Å². The number of fused-ring (bicyclic) bond motifs is 1. The summed E-state index contributed by atoms with van der Waals surface area (Å²) in [6.45, 7) is -0.0513. The van der Waals surface area contributed by atoms with E-state index in [9.17, 15) is 14.0 Å². The first-order valence-electron chi connectivity index (χ1n) is 8.84. The van der Waals surface area contributed by atoms with Gasteiger partial charge in [0.2, 0.25) is 0 Å². The van der Waals surface area contributed by atoms with Gasteiger partial charge in [-0.1, -0.05) is 12.1 Å². The predicted octanol–water partition coefficient (Wildman–Crippen LogP) is 1.66. The molecular formula is C19H17ClFN7O3. The Bertz CT molecular complexity index is 1380. The van der Waals surface area contributed by atoms with E-state index in [1.807, 2.05) is 0 Å². The number of hydrogen-bond acceptors (Lipinski definition) is 7. The Hall–Kier alpha value is -3.83. The number of nitrogens with one attached hydrogen (secondary N) is 1. The second kappa shape index (κ2) is 9.32. The fourth-order valence-corrected chi connectivity index (χ4v) is 2.73. The molecule has 0 radical (unpaired) electrons. The highest BCUT2D eigenvalue weighted by molar-refractivity contribution is 5.85. The molecule has 0 aliphatic rings. The maximum Gasteiger partial charge on any atom is 0.418 e. The van der Waals surface area contributed by atoms with Gasteiger partial charge in [-0.3, -0.25) is 4.98 Å². The number of H-pyrrole nitrogens is 1. The molecule has 0 bridgehead atoms. The van der Waals surface area contributed by atoms with Crippen LogP contribution in [0.5, 0.6) is 0 Å². The van der Waals surface area contributed by atoms with Crippen LogP contribution in [0, 0.1) is 0 Å². The number of aromatic nitrogens is 6. The number of halogens is 2. The molecule has 0 amide bonds. The maximum absolute atomic E-state index is 12.7. The Balaban J connectivity index is 0.00000272. The van der Waals surface area contributed by atoms with Crippen molar-refractivity contribution in [2.45, 2.75) is 6.54 Å². The van der Waals surface area contributed by atoms with Crippen molar-refractivity contribution in [2.24, 2.45) is 5.73 Å². The molecule has 0 spiro atoms. The fraction of sp³-hybridized carbons (Fsp3) is 0.105. The molecule has 3 N–H and O–H groups in total. The molecule has 4 aromatic rings. The van der Waals surface area contributed by atoms with Gasteiger partial charge in [0.1, 0.15) is 12.1 Å². The van der Waals surface area contributed by atoms with Crippen LogP contribution < -0.4 is 17.2 Å². The van der Waals surface area contributed by atoms with Crippen LogP contribution in [-0.2, 0) is 6.54 Å². The highest BCUT2D eigenvalue weighted by Crippen LogP contribution is 2.13. The van der Waals surface area contributed by atoms with E-state index in [2.05, 4.69) is 20.1 Å². The van der Waals surface area contributed by atoms with Crippen molar-refractivity contribution in [3.05, 3.63) is 81.0 Å². The molecule has 0 unspecified atom stereocenters. The number of rotatable bonds is 6. The van der Waals surface area contributed by atoms with E-state index in [0.717, 1.165) is 4.68 Å². The Morgan fingerprint density at radius 2 is 2.13 bits per heavy atom. The van der Waals surface area contributed by atoms with Crippen molar-refractivity contribution in [3.8, 4) is 5.82 Å². The number of nitrogens with two attached hydrogens (primary N) is 1. The van der Waals surface area contributed by atoms with Gasteiger partial charge in [-0.05, 0) is 35.4 Å². The smallest absolute Gasteiger partial charge is 0.406 e. The van der Waals surface area contributed by atoms with Crippen LogP contribution in [-0.4, -0.2) is 35.8 Å². The average Bonchev–Trinajstić information content (AvgIpc) is 3.31. The first-order valence-corrected chi connectivity index (χ1v) is 8.84. The second-order valence-electron chi connectivity index (χ2n) is 6.30. The molecule has 0 aliphatic heterocycles. The molecule has 4 heterocycles. The molecule has 160 valence electrons. The van der Waals surface area contributed by atoms with Crippen molar-refractivity contribution >= 4 is 35.8 Å². The number of pyridine rings is 2. The standard InChI is InChI=1S/C19H16FN7O3.ClH/c20-7-13(8-21)10-27-19(29)26(11-23-27)16-3-1-2-14(24-16)5-4-12-6-15-17(22-9-12)25-18(28)30-15;/h1-7,9,11H,8,10,21H2,(H,22,25,28);1H/b5-4+,13-7+;. The summed E-state index contributed by atoms with van der Waals surface area (Å²) in [6.07, 6.45) is 6.74. The van der Waals surface area contributed by atoms with Gasteiger partial charge in [0, 0.05) is 12.7 Å². The first-order chi connectivity index (χ1) is 14.6. The molecule has 4 aromatic heterocycles. The third kappa shape index (κ3) is 4.68. The van der Waals surface area contributed by atoms with E-state index in [0.29, 0.717) is 34.6 Å². The van der Waals surface area contributed by atoms with E-state index >= 15 is 0 Å². The average molecular weight is 446 g/mol. The number of aromatic amines is 1. The maximum atomic E-state index is 12.7. The summed E-state index contributed by atoms with van der Waals surface area (Å²) >= 11 is 0. The largest absolute Gasteiger partial charge is 0.418 e. The molecule has 0 atom stereocenters. The minimum absolute atomic E-state index is 0. The molecule has 4 rings (SSSR count). The molecule has 0 aromatic carbocycles. The van der Waals surface area contributed by atoms with Gasteiger partial charge in [0.15, 0.2) is 11.2 Å². The van der Waals surface area contributed by atoms with Gasteiger partial charge in [-0.2, -0.15) is 5.10 Å². The lowest BCUT2D eigenvalue weighted by Crippen LogP contribution is -2.26. The number of nitrogens with zero attached hydrogens (tertiary/aromatic N) is 5. The molecule has 31 heavy (non-hydrogen) atoms. The summed E-state index contributed by atoms with van der Waals surface area (Å²) < 4.78 is 20.1. The zero-order valence-corrected chi connectivity index (χ0v) is 16.8. The molecule has 10 nitrogen and oxygen atoms in total. The lowest BCUT2D eigenvalue weighted by molar-refractivity contribution is 0.555. The Morgan fingerprint density at radius 1 is 1.29 bits per heavy atom. The van der Waals surface area contributed by atoms with Crippen LogP contribution in [0.4, 0.5) is 4.39 Å².